The van der Waals surface area contributed by atoms with E-state index in [1.54, 1.807) is 0 Å². The lowest BCUT2D eigenvalue weighted by atomic mass is 10.1. The molecule has 0 saturated heterocycles. The zero-order chi connectivity index (χ0) is 17.9. The van der Waals surface area contributed by atoms with Crippen LogP contribution in [0.4, 0.5) is 0 Å². The van der Waals surface area contributed by atoms with E-state index in [2.05, 4.69) is 70.1 Å². The van der Waals surface area contributed by atoms with Crippen LogP contribution in [0.2, 0.25) is 0 Å². The van der Waals surface area contributed by atoms with Gasteiger partial charge >= 0.3 is 0 Å². The van der Waals surface area contributed by atoms with Gasteiger partial charge in [-0.2, -0.15) is 5.10 Å². The number of benzene rings is 1. The monoisotopic (exact) mass is 470 g/mol. The first kappa shape index (κ1) is 22.4. The minimum absolute atomic E-state index is 0. The van der Waals surface area contributed by atoms with Crippen molar-refractivity contribution in [1.82, 2.24) is 25.3 Å². The maximum Gasteiger partial charge on any atom is 0.191 e. The highest BCUT2D eigenvalue weighted by atomic mass is 127. The molecule has 0 aliphatic carbocycles. The lowest BCUT2D eigenvalue weighted by Gasteiger charge is -2.25. The Bertz CT molecular complexity index is 612. The molecule has 1 unspecified atom stereocenters. The topological polar surface area (TPSA) is 57.5 Å². The number of nitrogens with zero attached hydrogens (tertiary/aromatic N) is 4. The molecule has 0 aliphatic rings. The van der Waals surface area contributed by atoms with Gasteiger partial charge in [0.25, 0.3) is 0 Å². The molecule has 0 amide bonds. The molecule has 0 saturated carbocycles. The first-order valence-electron chi connectivity index (χ1n) is 8.81. The molecule has 2 N–H and O–H groups in total. The van der Waals surface area contributed by atoms with Gasteiger partial charge in [0.05, 0.1) is 0 Å². The number of likely N-dealkylation sites (N-methyl/N-ethyl adjacent to an activating group) is 1. The summed E-state index contributed by atoms with van der Waals surface area (Å²) in [6.45, 7) is 2.62. The molecule has 0 aliphatic heterocycles. The van der Waals surface area contributed by atoms with Crippen LogP contribution >= 0.6 is 24.0 Å². The summed E-state index contributed by atoms with van der Waals surface area (Å²) in [5.41, 5.74) is 1.35. The summed E-state index contributed by atoms with van der Waals surface area (Å²) in [4.78, 5) is 6.57. The van der Waals surface area contributed by atoms with E-state index in [1.807, 2.05) is 30.2 Å². The largest absolute Gasteiger partial charge is 0.356 e. The van der Waals surface area contributed by atoms with E-state index in [0.29, 0.717) is 6.04 Å². The molecule has 1 atom stereocenters. The number of rotatable bonds is 9. The summed E-state index contributed by atoms with van der Waals surface area (Å²) in [7, 11) is 6.05. The third kappa shape index (κ3) is 8.18. The number of aliphatic imine (C=N–C) groups is 1. The summed E-state index contributed by atoms with van der Waals surface area (Å²) in [6.07, 6.45) is 5.81. The lowest BCUT2D eigenvalue weighted by Crippen LogP contribution is -2.46. The molecule has 0 radical (unpaired) electrons. The molecule has 1 aromatic carbocycles. The third-order valence-electron chi connectivity index (χ3n) is 4.19. The van der Waals surface area contributed by atoms with Gasteiger partial charge in [-0.3, -0.25) is 9.67 Å². The molecule has 1 heterocycles. The first-order valence-corrected chi connectivity index (χ1v) is 8.81. The van der Waals surface area contributed by atoms with Gasteiger partial charge in [-0.05, 0) is 38.6 Å². The van der Waals surface area contributed by atoms with Gasteiger partial charge in [-0.25, -0.2) is 0 Å². The Morgan fingerprint density at radius 1 is 1.19 bits per heavy atom. The fourth-order valence-corrected chi connectivity index (χ4v) is 2.64. The zero-order valence-electron chi connectivity index (χ0n) is 15.9. The van der Waals surface area contributed by atoms with Crippen LogP contribution < -0.4 is 10.6 Å². The highest BCUT2D eigenvalue weighted by Gasteiger charge is 2.12. The molecule has 2 rings (SSSR count). The van der Waals surface area contributed by atoms with Crippen molar-refractivity contribution < 1.29 is 0 Å². The standard InChI is InChI=1S/C19H30N6.HI/c1-20-19(21-11-7-13-25-14-8-12-23-25)22-16-18(24(2)3)15-17-9-5-4-6-10-17;/h4-6,8-10,12,14,18H,7,11,13,15-16H2,1-3H3,(H2,20,21,22);1H. The van der Waals surface area contributed by atoms with E-state index in [-0.39, 0.29) is 24.0 Å². The highest BCUT2D eigenvalue weighted by molar-refractivity contribution is 14.0. The summed E-state index contributed by atoms with van der Waals surface area (Å²) < 4.78 is 1.94. The maximum atomic E-state index is 4.31. The normalized spacial score (nSPS) is 12.5. The SMILES string of the molecule is CN=C(NCCCn1cccn1)NCC(Cc1ccccc1)N(C)C.I. The van der Waals surface area contributed by atoms with Crippen LogP contribution in [0, 0.1) is 0 Å². The van der Waals surface area contributed by atoms with E-state index in [1.165, 1.54) is 5.56 Å². The van der Waals surface area contributed by atoms with E-state index < -0.39 is 0 Å². The molecule has 2 aromatic rings. The highest BCUT2D eigenvalue weighted by Crippen LogP contribution is 2.06. The summed E-state index contributed by atoms with van der Waals surface area (Å²) in [5, 5.41) is 11.0. The van der Waals surface area contributed by atoms with Crippen molar-refractivity contribution >= 4 is 29.9 Å². The quantitative estimate of drug-likeness (QED) is 0.256. The lowest BCUT2D eigenvalue weighted by molar-refractivity contribution is 0.290. The molecule has 0 bridgehead atoms. The molecule has 7 heteroatoms. The van der Waals surface area contributed by atoms with Gasteiger partial charge in [-0.15, -0.1) is 24.0 Å². The molecule has 0 fully saturated rings. The van der Waals surface area contributed by atoms with Crippen molar-refractivity contribution in [2.45, 2.75) is 25.4 Å². The van der Waals surface area contributed by atoms with E-state index in [9.17, 15) is 0 Å². The van der Waals surface area contributed by atoms with Gasteiger partial charge in [0.15, 0.2) is 5.96 Å². The number of aromatic nitrogens is 2. The van der Waals surface area contributed by atoms with Crippen molar-refractivity contribution in [3.05, 3.63) is 54.4 Å². The van der Waals surface area contributed by atoms with Crippen LogP contribution in [-0.2, 0) is 13.0 Å². The minimum atomic E-state index is 0. The van der Waals surface area contributed by atoms with Crippen LogP contribution in [0.5, 0.6) is 0 Å². The number of hydrogen-bond acceptors (Lipinski definition) is 3. The second kappa shape index (κ2) is 12.7. The Hall–Kier alpha value is -1.61. The van der Waals surface area contributed by atoms with Crippen molar-refractivity contribution in [2.24, 2.45) is 4.99 Å². The van der Waals surface area contributed by atoms with Crippen molar-refractivity contribution in [2.75, 3.05) is 34.2 Å². The average molecular weight is 470 g/mol. The van der Waals surface area contributed by atoms with Crippen molar-refractivity contribution in [3.8, 4) is 0 Å². The van der Waals surface area contributed by atoms with Crippen molar-refractivity contribution in [1.29, 1.82) is 0 Å². The predicted octanol–water partition coefficient (Wildman–Crippen LogP) is 2.23. The summed E-state index contributed by atoms with van der Waals surface area (Å²) in [6, 6.07) is 13.0. The molecular formula is C19H31IN6. The second-order valence-corrected chi connectivity index (χ2v) is 6.31. The Morgan fingerprint density at radius 3 is 2.58 bits per heavy atom. The smallest absolute Gasteiger partial charge is 0.191 e. The van der Waals surface area contributed by atoms with Gasteiger partial charge < -0.3 is 15.5 Å². The van der Waals surface area contributed by atoms with E-state index in [4.69, 9.17) is 0 Å². The van der Waals surface area contributed by atoms with Gasteiger partial charge in [-0.1, -0.05) is 30.3 Å². The molecule has 6 nitrogen and oxygen atoms in total. The van der Waals surface area contributed by atoms with E-state index >= 15 is 0 Å². The molecule has 26 heavy (non-hydrogen) atoms. The van der Waals surface area contributed by atoms with Crippen LogP contribution in [0.3, 0.4) is 0 Å². The van der Waals surface area contributed by atoms with Gasteiger partial charge in [0.2, 0.25) is 0 Å². The van der Waals surface area contributed by atoms with Crippen LogP contribution in [0.25, 0.3) is 0 Å². The average Bonchev–Trinajstić information content (AvgIpc) is 3.14. The fraction of sp³-hybridized carbons (Fsp3) is 0.474. The van der Waals surface area contributed by atoms with Gasteiger partial charge in [0, 0.05) is 45.1 Å². The maximum absolute atomic E-state index is 4.31. The predicted molar refractivity (Wildman–Crippen MR) is 119 cm³/mol. The molecule has 1 aromatic heterocycles. The first-order chi connectivity index (χ1) is 12.2. The summed E-state index contributed by atoms with van der Waals surface area (Å²) >= 11 is 0. The second-order valence-electron chi connectivity index (χ2n) is 6.31. The number of aryl methyl sites for hydroxylation is 1. The summed E-state index contributed by atoms with van der Waals surface area (Å²) in [5.74, 6) is 0.848. The molecular weight excluding hydrogens is 439 g/mol. The number of nitrogens with one attached hydrogen (secondary N) is 2. The zero-order valence-corrected chi connectivity index (χ0v) is 18.3. The minimum Gasteiger partial charge on any atom is -0.356 e. The Labute approximate surface area is 174 Å². The Kier molecular flexibility index (Phi) is 11.0. The van der Waals surface area contributed by atoms with Crippen LogP contribution in [0.15, 0.2) is 53.8 Å². The van der Waals surface area contributed by atoms with Crippen LogP contribution in [-0.4, -0.2) is 60.9 Å². The van der Waals surface area contributed by atoms with Crippen molar-refractivity contribution in [3.63, 3.8) is 0 Å². The third-order valence-corrected chi connectivity index (χ3v) is 4.19. The number of hydrogen-bond donors (Lipinski definition) is 2. The Morgan fingerprint density at radius 2 is 1.96 bits per heavy atom. The van der Waals surface area contributed by atoms with E-state index in [0.717, 1.165) is 38.4 Å². The molecule has 0 spiro atoms. The van der Waals surface area contributed by atoms with Crippen LogP contribution in [0.1, 0.15) is 12.0 Å². The van der Waals surface area contributed by atoms with Gasteiger partial charge in [0.1, 0.15) is 0 Å². The Balaban J connectivity index is 0.00000338. The number of guanidine groups is 1. The molecule has 144 valence electrons. The number of halogens is 1. The fourth-order valence-electron chi connectivity index (χ4n) is 2.64.